The van der Waals surface area contributed by atoms with Crippen LogP contribution in [0.1, 0.15) is 10.9 Å². The molecular formula is C9H11ClN2O. The quantitative estimate of drug-likeness (QED) is 0.556. The van der Waals surface area contributed by atoms with E-state index in [0.29, 0.717) is 11.3 Å². The SMILES string of the molecule is CNC(=O)C(Cl)c1ccccc1N. The lowest BCUT2D eigenvalue weighted by atomic mass is 10.1. The Morgan fingerprint density at radius 1 is 1.54 bits per heavy atom. The fourth-order valence-electron chi connectivity index (χ4n) is 1.01. The number of hydrogen-bond acceptors (Lipinski definition) is 2. The molecular weight excluding hydrogens is 188 g/mol. The van der Waals surface area contributed by atoms with Gasteiger partial charge >= 0.3 is 0 Å². The standard InChI is InChI=1S/C9H11ClN2O/c1-12-9(13)8(10)6-4-2-3-5-7(6)11/h2-5,8H,11H2,1H3,(H,12,13). The van der Waals surface area contributed by atoms with Gasteiger partial charge in [0.15, 0.2) is 0 Å². The zero-order valence-corrected chi connectivity index (χ0v) is 8.01. The number of hydrogen-bond donors (Lipinski definition) is 2. The number of para-hydroxylation sites is 1. The van der Waals surface area contributed by atoms with Crippen molar-refractivity contribution < 1.29 is 4.79 Å². The summed E-state index contributed by atoms with van der Waals surface area (Å²) in [6, 6.07) is 7.05. The van der Waals surface area contributed by atoms with E-state index < -0.39 is 5.38 Å². The van der Waals surface area contributed by atoms with E-state index in [1.54, 1.807) is 24.3 Å². The Morgan fingerprint density at radius 2 is 2.15 bits per heavy atom. The van der Waals surface area contributed by atoms with Crippen molar-refractivity contribution in [2.75, 3.05) is 12.8 Å². The van der Waals surface area contributed by atoms with Crippen LogP contribution in [0.2, 0.25) is 0 Å². The van der Waals surface area contributed by atoms with E-state index >= 15 is 0 Å². The summed E-state index contributed by atoms with van der Waals surface area (Å²) in [4.78, 5) is 11.2. The van der Waals surface area contributed by atoms with E-state index in [2.05, 4.69) is 5.32 Å². The van der Waals surface area contributed by atoms with Crippen LogP contribution in [0, 0.1) is 0 Å². The predicted molar refractivity (Wildman–Crippen MR) is 53.5 cm³/mol. The molecule has 0 aliphatic heterocycles. The monoisotopic (exact) mass is 198 g/mol. The van der Waals surface area contributed by atoms with Gasteiger partial charge in [0.25, 0.3) is 0 Å². The van der Waals surface area contributed by atoms with Gasteiger partial charge in [-0.3, -0.25) is 4.79 Å². The maximum Gasteiger partial charge on any atom is 0.242 e. The second kappa shape index (κ2) is 4.14. The molecule has 1 unspecified atom stereocenters. The van der Waals surface area contributed by atoms with Crippen LogP contribution in [0.25, 0.3) is 0 Å². The minimum absolute atomic E-state index is 0.250. The fraction of sp³-hybridized carbons (Fsp3) is 0.222. The Hall–Kier alpha value is -1.22. The van der Waals surface area contributed by atoms with Crippen LogP contribution in [0.3, 0.4) is 0 Å². The van der Waals surface area contributed by atoms with E-state index in [9.17, 15) is 4.79 Å². The number of anilines is 1. The molecule has 0 bridgehead atoms. The van der Waals surface area contributed by atoms with Crippen LogP contribution < -0.4 is 11.1 Å². The second-order valence-corrected chi connectivity index (χ2v) is 3.04. The smallest absolute Gasteiger partial charge is 0.242 e. The number of rotatable bonds is 2. The average molecular weight is 199 g/mol. The first-order valence-electron chi connectivity index (χ1n) is 3.87. The highest BCUT2D eigenvalue weighted by atomic mass is 35.5. The molecule has 4 heteroatoms. The van der Waals surface area contributed by atoms with Crippen LogP contribution in [-0.2, 0) is 4.79 Å². The number of amides is 1. The predicted octanol–water partition coefficient (Wildman–Crippen LogP) is 1.29. The van der Waals surface area contributed by atoms with Gasteiger partial charge in [-0.1, -0.05) is 18.2 Å². The fourth-order valence-corrected chi connectivity index (χ4v) is 1.32. The zero-order chi connectivity index (χ0) is 9.84. The van der Waals surface area contributed by atoms with E-state index in [-0.39, 0.29) is 5.91 Å². The molecule has 1 amide bonds. The molecule has 0 aromatic heterocycles. The van der Waals surface area contributed by atoms with Crippen LogP contribution >= 0.6 is 11.6 Å². The number of nitrogen functional groups attached to an aromatic ring is 1. The Balaban J connectivity index is 2.95. The van der Waals surface area contributed by atoms with Crippen molar-refractivity contribution in [3.8, 4) is 0 Å². The number of benzene rings is 1. The Bertz CT molecular complexity index is 314. The normalized spacial score (nSPS) is 12.2. The summed E-state index contributed by atoms with van der Waals surface area (Å²) in [6.07, 6.45) is 0. The van der Waals surface area contributed by atoms with Crippen molar-refractivity contribution in [3.05, 3.63) is 29.8 Å². The summed E-state index contributed by atoms with van der Waals surface area (Å²) in [5.74, 6) is -0.250. The molecule has 0 radical (unpaired) electrons. The highest BCUT2D eigenvalue weighted by Crippen LogP contribution is 2.25. The molecule has 13 heavy (non-hydrogen) atoms. The van der Waals surface area contributed by atoms with Crippen molar-refractivity contribution in [2.24, 2.45) is 0 Å². The third-order valence-electron chi connectivity index (χ3n) is 1.75. The Kier molecular flexibility index (Phi) is 3.14. The number of likely N-dealkylation sites (N-methyl/N-ethyl adjacent to an activating group) is 1. The Labute approximate surface area is 81.9 Å². The van der Waals surface area contributed by atoms with Gasteiger partial charge in [-0.05, 0) is 6.07 Å². The molecule has 1 aromatic rings. The van der Waals surface area contributed by atoms with E-state index in [0.717, 1.165) is 0 Å². The molecule has 0 spiro atoms. The van der Waals surface area contributed by atoms with Crippen molar-refractivity contribution in [2.45, 2.75) is 5.38 Å². The number of nitrogens with one attached hydrogen (secondary N) is 1. The van der Waals surface area contributed by atoms with Gasteiger partial charge in [-0.15, -0.1) is 11.6 Å². The van der Waals surface area contributed by atoms with Crippen LogP contribution in [0.15, 0.2) is 24.3 Å². The van der Waals surface area contributed by atoms with Gasteiger partial charge in [-0.2, -0.15) is 0 Å². The average Bonchev–Trinajstić information content (AvgIpc) is 2.16. The molecule has 3 N–H and O–H groups in total. The third-order valence-corrected chi connectivity index (χ3v) is 2.18. The maximum absolute atomic E-state index is 11.2. The largest absolute Gasteiger partial charge is 0.398 e. The van der Waals surface area contributed by atoms with Gasteiger partial charge in [-0.25, -0.2) is 0 Å². The molecule has 0 heterocycles. The zero-order valence-electron chi connectivity index (χ0n) is 7.25. The molecule has 0 saturated carbocycles. The van der Waals surface area contributed by atoms with Gasteiger partial charge in [0.05, 0.1) is 0 Å². The maximum atomic E-state index is 11.2. The number of nitrogens with two attached hydrogens (primary N) is 1. The van der Waals surface area contributed by atoms with Gasteiger partial charge in [0.1, 0.15) is 5.38 Å². The minimum atomic E-state index is -0.716. The lowest BCUT2D eigenvalue weighted by molar-refractivity contribution is -0.120. The minimum Gasteiger partial charge on any atom is -0.398 e. The highest BCUT2D eigenvalue weighted by Gasteiger charge is 2.17. The first kappa shape index (κ1) is 9.86. The highest BCUT2D eigenvalue weighted by molar-refractivity contribution is 6.31. The summed E-state index contributed by atoms with van der Waals surface area (Å²) < 4.78 is 0. The van der Waals surface area contributed by atoms with E-state index in [1.165, 1.54) is 7.05 Å². The summed E-state index contributed by atoms with van der Waals surface area (Å²) in [5, 5.41) is 1.75. The molecule has 0 aliphatic carbocycles. The molecule has 70 valence electrons. The molecule has 1 atom stereocenters. The Morgan fingerprint density at radius 3 is 2.69 bits per heavy atom. The molecule has 1 aromatic carbocycles. The van der Waals surface area contributed by atoms with Gasteiger partial charge in [0, 0.05) is 18.3 Å². The molecule has 0 saturated heterocycles. The van der Waals surface area contributed by atoms with Gasteiger partial charge in [0.2, 0.25) is 5.91 Å². The van der Waals surface area contributed by atoms with Crippen LogP contribution in [-0.4, -0.2) is 13.0 Å². The van der Waals surface area contributed by atoms with Crippen molar-refractivity contribution in [1.29, 1.82) is 0 Å². The number of carbonyl (C=O) groups excluding carboxylic acids is 1. The first-order valence-corrected chi connectivity index (χ1v) is 4.30. The van der Waals surface area contributed by atoms with E-state index in [4.69, 9.17) is 17.3 Å². The lowest BCUT2D eigenvalue weighted by Crippen LogP contribution is -2.23. The molecule has 3 nitrogen and oxygen atoms in total. The van der Waals surface area contributed by atoms with E-state index in [1.807, 2.05) is 0 Å². The van der Waals surface area contributed by atoms with Crippen molar-refractivity contribution >= 4 is 23.2 Å². The van der Waals surface area contributed by atoms with Crippen molar-refractivity contribution in [1.82, 2.24) is 5.32 Å². The summed E-state index contributed by atoms with van der Waals surface area (Å²) in [7, 11) is 1.54. The summed E-state index contributed by atoms with van der Waals surface area (Å²) in [6.45, 7) is 0. The summed E-state index contributed by atoms with van der Waals surface area (Å²) >= 11 is 5.87. The molecule has 0 aliphatic rings. The summed E-state index contributed by atoms with van der Waals surface area (Å²) in [5.41, 5.74) is 6.83. The first-order chi connectivity index (χ1) is 6.16. The van der Waals surface area contributed by atoms with Crippen LogP contribution in [0.4, 0.5) is 5.69 Å². The lowest BCUT2D eigenvalue weighted by Gasteiger charge is -2.10. The number of alkyl halides is 1. The topological polar surface area (TPSA) is 55.1 Å². The molecule has 1 rings (SSSR count). The molecule has 0 fully saturated rings. The third kappa shape index (κ3) is 2.12. The van der Waals surface area contributed by atoms with Crippen LogP contribution in [0.5, 0.6) is 0 Å². The number of halogens is 1. The number of carbonyl (C=O) groups is 1. The van der Waals surface area contributed by atoms with Gasteiger partial charge < -0.3 is 11.1 Å². The van der Waals surface area contributed by atoms with Crippen molar-refractivity contribution in [3.63, 3.8) is 0 Å². The second-order valence-electron chi connectivity index (χ2n) is 2.61.